The van der Waals surface area contributed by atoms with Gasteiger partial charge in [0, 0.05) is 10.7 Å². The number of hydrogen-bond acceptors (Lipinski definition) is 4. The van der Waals surface area contributed by atoms with Crippen molar-refractivity contribution in [3.8, 4) is 11.8 Å². The van der Waals surface area contributed by atoms with Crippen molar-refractivity contribution in [2.24, 2.45) is 0 Å². The van der Waals surface area contributed by atoms with Crippen LogP contribution in [0.5, 0.6) is 5.75 Å². The van der Waals surface area contributed by atoms with Crippen LogP contribution in [0.2, 0.25) is 5.02 Å². The summed E-state index contributed by atoms with van der Waals surface area (Å²) >= 11 is 11.4. The van der Waals surface area contributed by atoms with Crippen molar-refractivity contribution >= 4 is 73.8 Å². The monoisotopic (exact) mass is 636 g/mol. The number of ether oxygens (including phenoxy) is 1. The molecule has 3 aromatic carbocycles. The maximum Gasteiger partial charge on any atom is 0.335 e. The van der Waals surface area contributed by atoms with Gasteiger partial charge in [-0.1, -0.05) is 23.7 Å². The van der Waals surface area contributed by atoms with Crippen LogP contribution in [0.1, 0.15) is 21.5 Å². The van der Waals surface area contributed by atoms with Crippen molar-refractivity contribution in [2.75, 3.05) is 5.32 Å². The predicted molar refractivity (Wildman–Crippen MR) is 138 cm³/mol. The highest BCUT2D eigenvalue weighted by atomic mass is 127. The molecule has 0 radical (unpaired) electrons. The average molecular weight is 638 g/mol. The first-order valence-corrected chi connectivity index (χ1v) is 11.6. The van der Waals surface area contributed by atoms with E-state index in [0.717, 1.165) is 9.13 Å². The molecule has 0 aliphatic rings. The molecule has 9 heteroatoms. The SMILES string of the molecule is N#C/C(=C/c1cc(Br)c(OCc2ccc(C(=O)O)cc2)c(I)c1)C(=O)Nc1ccc(Cl)cc1. The zero-order valence-electron chi connectivity index (χ0n) is 16.8. The molecule has 0 saturated heterocycles. The van der Waals surface area contributed by atoms with E-state index >= 15 is 0 Å². The topological polar surface area (TPSA) is 99.4 Å². The standard InChI is InChI=1S/C24H15BrClIN2O4/c25-20-10-15(9-17(12-28)23(30)29-19-7-5-18(26)6-8-19)11-21(27)22(20)33-13-14-1-3-16(4-2-14)24(31)32/h1-11H,13H2,(H,29,30)(H,31,32)/b17-9-. The number of nitrogens with zero attached hydrogens (tertiary/aromatic N) is 1. The summed E-state index contributed by atoms with van der Waals surface area (Å²) in [5.41, 5.74) is 2.14. The van der Waals surface area contributed by atoms with E-state index in [4.69, 9.17) is 21.4 Å². The lowest BCUT2D eigenvalue weighted by Gasteiger charge is -2.12. The van der Waals surface area contributed by atoms with Crippen LogP contribution in [0.15, 0.2) is 70.7 Å². The van der Waals surface area contributed by atoms with Crippen LogP contribution in [0, 0.1) is 14.9 Å². The Morgan fingerprint density at radius 3 is 2.39 bits per heavy atom. The number of carbonyl (C=O) groups excluding carboxylic acids is 1. The molecule has 6 nitrogen and oxygen atoms in total. The molecule has 2 N–H and O–H groups in total. The highest BCUT2D eigenvalue weighted by molar-refractivity contribution is 14.1. The molecule has 0 spiro atoms. The number of amides is 1. The van der Waals surface area contributed by atoms with E-state index in [9.17, 15) is 14.9 Å². The van der Waals surface area contributed by atoms with Crippen molar-refractivity contribution in [3.05, 3.63) is 96.0 Å². The molecule has 0 saturated carbocycles. The number of anilines is 1. The highest BCUT2D eigenvalue weighted by Gasteiger charge is 2.13. The summed E-state index contributed by atoms with van der Waals surface area (Å²) < 4.78 is 7.32. The number of rotatable bonds is 7. The summed E-state index contributed by atoms with van der Waals surface area (Å²) in [4.78, 5) is 23.4. The van der Waals surface area contributed by atoms with Crippen LogP contribution in [0.3, 0.4) is 0 Å². The van der Waals surface area contributed by atoms with Crippen LogP contribution in [-0.2, 0) is 11.4 Å². The summed E-state index contributed by atoms with van der Waals surface area (Å²) in [7, 11) is 0. The third-order valence-corrected chi connectivity index (χ3v) is 6.03. The summed E-state index contributed by atoms with van der Waals surface area (Å²) in [6.07, 6.45) is 1.49. The van der Waals surface area contributed by atoms with Crippen LogP contribution in [0.4, 0.5) is 5.69 Å². The molecule has 3 rings (SSSR count). The minimum Gasteiger partial charge on any atom is -0.487 e. The fourth-order valence-corrected chi connectivity index (χ4v) is 4.64. The number of carbonyl (C=O) groups is 2. The number of hydrogen-bond donors (Lipinski definition) is 2. The Morgan fingerprint density at radius 2 is 1.82 bits per heavy atom. The third kappa shape index (κ3) is 6.81. The Labute approximate surface area is 217 Å². The molecule has 0 fully saturated rings. The molecule has 33 heavy (non-hydrogen) atoms. The van der Waals surface area contributed by atoms with Crippen LogP contribution >= 0.6 is 50.1 Å². The lowest BCUT2D eigenvalue weighted by Crippen LogP contribution is -2.13. The number of nitriles is 1. The van der Waals surface area contributed by atoms with Gasteiger partial charge in [0.25, 0.3) is 5.91 Å². The van der Waals surface area contributed by atoms with E-state index in [2.05, 4.69) is 43.8 Å². The molecule has 0 heterocycles. The normalized spacial score (nSPS) is 10.9. The van der Waals surface area contributed by atoms with Gasteiger partial charge in [-0.15, -0.1) is 0 Å². The second-order valence-corrected chi connectivity index (χ2v) is 9.19. The van der Waals surface area contributed by atoms with Crippen molar-refractivity contribution < 1.29 is 19.4 Å². The van der Waals surface area contributed by atoms with E-state index in [1.54, 1.807) is 48.5 Å². The zero-order chi connectivity index (χ0) is 24.0. The molecular weight excluding hydrogens is 623 g/mol. The van der Waals surface area contributed by atoms with Gasteiger partial charge in [0.15, 0.2) is 0 Å². The van der Waals surface area contributed by atoms with Gasteiger partial charge in [-0.2, -0.15) is 5.26 Å². The quantitative estimate of drug-likeness (QED) is 0.174. The Balaban J connectivity index is 1.74. The van der Waals surface area contributed by atoms with Crippen molar-refractivity contribution in [3.63, 3.8) is 0 Å². The lowest BCUT2D eigenvalue weighted by atomic mass is 10.1. The summed E-state index contributed by atoms with van der Waals surface area (Å²) in [6.45, 7) is 0.247. The van der Waals surface area contributed by atoms with Crippen LogP contribution < -0.4 is 10.1 Å². The largest absolute Gasteiger partial charge is 0.487 e. The first kappa shape index (κ1) is 24.8. The third-order valence-electron chi connectivity index (χ3n) is 4.38. The summed E-state index contributed by atoms with van der Waals surface area (Å²) in [5, 5.41) is 21.7. The number of nitrogens with one attached hydrogen (secondary N) is 1. The Bertz CT molecular complexity index is 1250. The van der Waals surface area contributed by atoms with Gasteiger partial charge in [0.05, 0.1) is 13.6 Å². The maximum atomic E-state index is 12.5. The molecule has 3 aromatic rings. The van der Waals surface area contributed by atoms with Gasteiger partial charge >= 0.3 is 5.97 Å². The second kappa shape index (κ2) is 11.3. The Kier molecular flexibility index (Phi) is 8.49. The van der Waals surface area contributed by atoms with Crippen molar-refractivity contribution in [1.29, 1.82) is 5.26 Å². The van der Waals surface area contributed by atoms with Gasteiger partial charge < -0.3 is 15.2 Å². The molecule has 0 aliphatic carbocycles. The van der Waals surface area contributed by atoms with Crippen LogP contribution in [-0.4, -0.2) is 17.0 Å². The number of carboxylic acids is 1. The molecule has 0 unspecified atom stereocenters. The Hall–Kier alpha value is -2.87. The average Bonchev–Trinajstić information content (AvgIpc) is 2.78. The number of carboxylic acid groups (broad SMARTS) is 1. The summed E-state index contributed by atoms with van der Waals surface area (Å²) in [5.74, 6) is -0.919. The molecule has 0 aliphatic heterocycles. The molecule has 166 valence electrons. The van der Waals surface area contributed by atoms with E-state index in [-0.39, 0.29) is 17.7 Å². The van der Waals surface area contributed by atoms with Crippen LogP contribution in [0.25, 0.3) is 6.08 Å². The van der Waals surface area contributed by atoms with Crippen molar-refractivity contribution in [1.82, 2.24) is 0 Å². The van der Waals surface area contributed by atoms with Crippen molar-refractivity contribution in [2.45, 2.75) is 6.61 Å². The van der Waals surface area contributed by atoms with E-state index in [1.807, 2.05) is 6.07 Å². The number of halogens is 3. The number of aromatic carboxylic acids is 1. The minimum absolute atomic E-state index is 0.0557. The molecule has 0 aromatic heterocycles. The Morgan fingerprint density at radius 1 is 1.15 bits per heavy atom. The van der Waals surface area contributed by atoms with E-state index in [0.29, 0.717) is 26.5 Å². The van der Waals surface area contributed by atoms with Gasteiger partial charge in [-0.05, 0) is 104 Å². The predicted octanol–water partition coefficient (Wildman–Crippen LogP) is 6.53. The second-order valence-electron chi connectivity index (χ2n) is 6.74. The van der Waals surface area contributed by atoms with Gasteiger partial charge in [-0.25, -0.2) is 4.79 Å². The molecule has 0 atom stereocenters. The lowest BCUT2D eigenvalue weighted by molar-refractivity contribution is -0.112. The highest BCUT2D eigenvalue weighted by Crippen LogP contribution is 2.33. The fraction of sp³-hybridized carbons (Fsp3) is 0.0417. The minimum atomic E-state index is -0.984. The van der Waals surface area contributed by atoms with Gasteiger partial charge in [0.1, 0.15) is 24.0 Å². The first-order chi connectivity index (χ1) is 15.8. The number of benzene rings is 3. The molecule has 0 bridgehead atoms. The summed E-state index contributed by atoms with van der Waals surface area (Å²) in [6, 6.07) is 18.5. The zero-order valence-corrected chi connectivity index (χ0v) is 21.3. The van der Waals surface area contributed by atoms with E-state index < -0.39 is 11.9 Å². The van der Waals surface area contributed by atoms with Gasteiger partial charge in [0.2, 0.25) is 0 Å². The molecule has 1 amide bonds. The van der Waals surface area contributed by atoms with E-state index in [1.165, 1.54) is 18.2 Å². The smallest absolute Gasteiger partial charge is 0.335 e. The first-order valence-electron chi connectivity index (χ1n) is 9.39. The molecular formula is C24H15BrClIN2O4. The fourth-order valence-electron chi connectivity index (χ4n) is 2.75. The maximum absolute atomic E-state index is 12.5. The van der Waals surface area contributed by atoms with Gasteiger partial charge in [-0.3, -0.25) is 4.79 Å².